The van der Waals surface area contributed by atoms with Gasteiger partial charge in [-0.15, -0.1) is 22.7 Å². The van der Waals surface area contributed by atoms with Crippen molar-refractivity contribution >= 4 is 50.4 Å². The molecule has 0 bridgehead atoms. The summed E-state index contributed by atoms with van der Waals surface area (Å²) in [6.45, 7) is 0. The lowest BCUT2D eigenvalue weighted by molar-refractivity contribution is -0.121. The summed E-state index contributed by atoms with van der Waals surface area (Å²) in [5.74, 6) is -0.646. The average Bonchev–Trinajstić information content (AvgIpc) is 3.23. The second-order valence-electron chi connectivity index (χ2n) is 5.18. The first-order chi connectivity index (χ1) is 12.1. The largest absolute Gasteiger partial charge is 0.279 e. The monoisotopic (exact) mass is 435 g/mol. The van der Waals surface area contributed by atoms with Gasteiger partial charge in [0.15, 0.2) is 0 Å². The van der Waals surface area contributed by atoms with E-state index in [-0.39, 0.29) is 18.2 Å². The van der Waals surface area contributed by atoms with E-state index in [9.17, 15) is 9.59 Å². The second-order valence-corrected chi connectivity index (χ2v) is 8.58. The molecule has 0 aliphatic heterocycles. The maximum atomic E-state index is 12.0. The Morgan fingerprint density at radius 3 is 2.60 bits per heavy atom. The number of carbonyl (C=O) groups is 2. The number of rotatable bonds is 5. The van der Waals surface area contributed by atoms with E-state index in [0.717, 1.165) is 15.2 Å². The molecule has 5 nitrogen and oxygen atoms in total. The molecule has 0 fully saturated rings. The molecule has 0 unspecified atom stereocenters. The predicted molar refractivity (Wildman–Crippen MR) is 103 cm³/mol. The third-order valence-corrected chi connectivity index (χ3v) is 5.77. The second kappa shape index (κ2) is 8.37. The maximum Gasteiger partial charge on any atom is 0.279 e. The SMILES string of the molecule is O=C(Cc1csc(Cc2ccccc2)n1)NNC(=O)c1ccc(Br)s1. The summed E-state index contributed by atoms with van der Waals surface area (Å²) in [5, 5.41) is 2.83. The number of hydrogen-bond donors (Lipinski definition) is 2. The third-order valence-electron chi connectivity index (χ3n) is 3.25. The van der Waals surface area contributed by atoms with E-state index in [1.54, 1.807) is 12.1 Å². The number of nitrogens with one attached hydrogen (secondary N) is 2. The smallest absolute Gasteiger partial charge is 0.273 e. The molecule has 0 radical (unpaired) electrons. The molecule has 0 spiro atoms. The van der Waals surface area contributed by atoms with Gasteiger partial charge in [-0.2, -0.15) is 0 Å². The molecule has 2 aromatic heterocycles. The van der Waals surface area contributed by atoms with Crippen LogP contribution in [0.25, 0.3) is 0 Å². The number of aromatic nitrogens is 1. The first-order valence-corrected chi connectivity index (χ1v) is 9.91. The van der Waals surface area contributed by atoms with Crippen molar-refractivity contribution in [2.24, 2.45) is 0 Å². The highest BCUT2D eigenvalue weighted by atomic mass is 79.9. The first kappa shape index (κ1) is 17.8. The van der Waals surface area contributed by atoms with Crippen molar-refractivity contribution in [3.8, 4) is 0 Å². The first-order valence-electron chi connectivity index (χ1n) is 7.42. The summed E-state index contributed by atoms with van der Waals surface area (Å²) in [7, 11) is 0. The van der Waals surface area contributed by atoms with Crippen molar-refractivity contribution in [3.63, 3.8) is 0 Å². The van der Waals surface area contributed by atoms with Gasteiger partial charge in [-0.25, -0.2) is 4.98 Å². The van der Waals surface area contributed by atoms with Crippen LogP contribution in [0, 0.1) is 0 Å². The molecule has 0 atom stereocenters. The van der Waals surface area contributed by atoms with Gasteiger partial charge in [0.1, 0.15) is 0 Å². The molecule has 2 heterocycles. The number of benzene rings is 1. The van der Waals surface area contributed by atoms with E-state index >= 15 is 0 Å². The van der Waals surface area contributed by atoms with Crippen LogP contribution in [0.15, 0.2) is 51.6 Å². The minimum Gasteiger partial charge on any atom is -0.273 e. The van der Waals surface area contributed by atoms with E-state index < -0.39 is 0 Å². The lowest BCUT2D eigenvalue weighted by Crippen LogP contribution is -2.42. The lowest BCUT2D eigenvalue weighted by atomic mass is 10.2. The molecule has 3 rings (SSSR count). The van der Waals surface area contributed by atoms with Gasteiger partial charge in [-0.1, -0.05) is 30.3 Å². The summed E-state index contributed by atoms with van der Waals surface area (Å²) >= 11 is 6.12. The van der Waals surface area contributed by atoms with Crippen LogP contribution in [0.1, 0.15) is 25.9 Å². The van der Waals surface area contributed by atoms with Gasteiger partial charge in [0.25, 0.3) is 5.91 Å². The Labute approximate surface area is 161 Å². The zero-order valence-electron chi connectivity index (χ0n) is 13.0. The Kier molecular flexibility index (Phi) is 5.95. The minimum absolute atomic E-state index is 0.125. The minimum atomic E-state index is -0.341. The molecule has 3 aromatic rings. The van der Waals surface area contributed by atoms with Gasteiger partial charge >= 0.3 is 0 Å². The Hall–Kier alpha value is -2.03. The van der Waals surface area contributed by atoms with Gasteiger partial charge in [0.05, 0.1) is 25.8 Å². The Balaban J connectivity index is 1.49. The molecular weight excluding hydrogens is 422 g/mol. The number of thiophene rings is 1. The van der Waals surface area contributed by atoms with Crippen molar-refractivity contribution in [2.75, 3.05) is 0 Å². The van der Waals surface area contributed by atoms with Crippen molar-refractivity contribution in [3.05, 3.63) is 72.8 Å². The molecule has 0 aliphatic rings. The molecule has 2 N–H and O–H groups in total. The fourth-order valence-corrected chi connectivity index (χ4v) is 4.22. The van der Waals surface area contributed by atoms with Crippen LogP contribution in [0.5, 0.6) is 0 Å². The Morgan fingerprint density at radius 2 is 1.88 bits per heavy atom. The molecule has 1 aromatic carbocycles. The number of hydrogen-bond acceptors (Lipinski definition) is 5. The third kappa shape index (κ3) is 5.22. The van der Waals surface area contributed by atoms with Crippen LogP contribution in [0.2, 0.25) is 0 Å². The quantitative estimate of drug-likeness (QED) is 0.601. The molecular formula is C17H14BrN3O2S2. The molecule has 8 heteroatoms. The highest BCUT2D eigenvalue weighted by Gasteiger charge is 2.11. The highest BCUT2D eigenvalue weighted by Crippen LogP contribution is 2.21. The average molecular weight is 436 g/mol. The van der Waals surface area contributed by atoms with Crippen LogP contribution >= 0.6 is 38.6 Å². The van der Waals surface area contributed by atoms with Crippen LogP contribution in [-0.4, -0.2) is 16.8 Å². The molecule has 2 amide bonds. The summed E-state index contributed by atoms with van der Waals surface area (Å²) < 4.78 is 0.859. The van der Waals surface area contributed by atoms with E-state index in [0.29, 0.717) is 10.6 Å². The van der Waals surface area contributed by atoms with Gasteiger partial charge in [-0.3, -0.25) is 20.4 Å². The van der Waals surface area contributed by atoms with E-state index in [4.69, 9.17) is 0 Å². The summed E-state index contributed by atoms with van der Waals surface area (Å²) in [5.41, 5.74) is 6.70. The summed E-state index contributed by atoms with van der Waals surface area (Å²) in [6.07, 6.45) is 0.872. The molecule has 0 saturated heterocycles. The number of amides is 2. The summed E-state index contributed by atoms with van der Waals surface area (Å²) in [6, 6.07) is 13.5. The Morgan fingerprint density at radius 1 is 1.08 bits per heavy atom. The fraction of sp³-hybridized carbons (Fsp3) is 0.118. The zero-order valence-corrected chi connectivity index (χ0v) is 16.2. The predicted octanol–water partition coefficient (Wildman–Crippen LogP) is 3.56. The molecule has 0 saturated carbocycles. The van der Waals surface area contributed by atoms with Gasteiger partial charge in [0, 0.05) is 11.8 Å². The van der Waals surface area contributed by atoms with Gasteiger partial charge in [-0.05, 0) is 33.6 Å². The highest BCUT2D eigenvalue weighted by molar-refractivity contribution is 9.11. The maximum absolute atomic E-state index is 12.0. The summed E-state index contributed by atoms with van der Waals surface area (Å²) in [4.78, 5) is 28.8. The van der Waals surface area contributed by atoms with Crippen LogP contribution in [0.3, 0.4) is 0 Å². The van der Waals surface area contributed by atoms with E-state index in [2.05, 4.69) is 31.8 Å². The number of carbonyl (C=O) groups excluding carboxylic acids is 2. The van der Waals surface area contributed by atoms with Gasteiger partial charge in [0.2, 0.25) is 5.91 Å². The van der Waals surface area contributed by atoms with Crippen molar-refractivity contribution in [2.45, 2.75) is 12.8 Å². The molecule has 128 valence electrons. The van der Waals surface area contributed by atoms with Crippen LogP contribution < -0.4 is 10.9 Å². The Bertz CT molecular complexity index is 877. The van der Waals surface area contributed by atoms with Gasteiger partial charge < -0.3 is 0 Å². The van der Waals surface area contributed by atoms with Crippen molar-refractivity contribution in [1.82, 2.24) is 15.8 Å². The number of nitrogens with zero attached hydrogens (tertiary/aromatic N) is 1. The van der Waals surface area contributed by atoms with E-state index in [1.807, 2.05) is 35.7 Å². The topological polar surface area (TPSA) is 71.1 Å². The fourth-order valence-electron chi connectivity index (χ4n) is 2.11. The molecule has 0 aliphatic carbocycles. The number of thiazole rings is 1. The van der Waals surface area contributed by atoms with Crippen LogP contribution in [-0.2, 0) is 17.6 Å². The molecule has 25 heavy (non-hydrogen) atoms. The normalized spacial score (nSPS) is 10.4. The number of halogens is 1. The lowest BCUT2D eigenvalue weighted by Gasteiger charge is -2.04. The van der Waals surface area contributed by atoms with Crippen molar-refractivity contribution in [1.29, 1.82) is 0 Å². The zero-order chi connectivity index (χ0) is 17.6. The van der Waals surface area contributed by atoms with E-state index in [1.165, 1.54) is 28.2 Å². The van der Waals surface area contributed by atoms with Crippen LogP contribution in [0.4, 0.5) is 0 Å². The van der Waals surface area contributed by atoms with Crippen molar-refractivity contribution < 1.29 is 9.59 Å². The number of hydrazine groups is 1. The standard InChI is InChI=1S/C17H14BrN3O2S2/c18-14-7-6-13(25-14)17(23)21-20-15(22)9-12-10-24-16(19-12)8-11-4-2-1-3-5-11/h1-7,10H,8-9H2,(H,20,22)(H,21,23).